The number of hydrogen-bond acceptors (Lipinski definition) is 0. The minimum absolute atomic E-state index is 1.15. The van der Waals surface area contributed by atoms with Crippen molar-refractivity contribution in [2.75, 3.05) is 0 Å². The summed E-state index contributed by atoms with van der Waals surface area (Å²) < 4.78 is 0. The normalized spacial score (nSPS) is 14.7. The van der Waals surface area contributed by atoms with Crippen LogP contribution in [0.2, 0.25) is 0 Å². The van der Waals surface area contributed by atoms with E-state index in [-0.39, 0.29) is 0 Å². The predicted molar refractivity (Wildman–Crippen MR) is 41.7 cm³/mol. The molecule has 9 heavy (non-hydrogen) atoms. The number of allylic oxidation sites excluding steroid dienone is 1. The first-order valence-electron chi connectivity index (χ1n) is 3.08. The molecule has 0 nitrogen and oxygen atoms in total. The summed E-state index contributed by atoms with van der Waals surface area (Å²) in [7, 11) is 1.42. The smallest absolute Gasteiger partial charge is 0.00173 e. The van der Waals surface area contributed by atoms with Crippen LogP contribution in [0.4, 0.5) is 0 Å². The molecular formula is C8H7P. The number of hydrogen-bond donors (Lipinski definition) is 0. The predicted octanol–water partition coefficient (Wildman–Crippen LogP) is 2.84. The minimum Gasteiger partial charge on any atom is -0.0788 e. The van der Waals surface area contributed by atoms with Gasteiger partial charge in [-0.3, -0.25) is 0 Å². The molecule has 0 aliphatic carbocycles. The monoisotopic (exact) mass is 134 g/mol. The van der Waals surface area contributed by atoms with Crippen LogP contribution in [0.3, 0.4) is 0 Å². The SMILES string of the molecule is C1=Cc2cccc(p2)C1. The summed E-state index contributed by atoms with van der Waals surface area (Å²) in [6.07, 6.45) is 5.57. The largest absolute Gasteiger partial charge is 0.0788 e. The van der Waals surface area contributed by atoms with Crippen LogP contribution in [0.1, 0.15) is 10.6 Å². The summed E-state index contributed by atoms with van der Waals surface area (Å²) in [5.74, 6) is 0. The Morgan fingerprint density at radius 2 is 2.33 bits per heavy atom. The van der Waals surface area contributed by atoms with Crippen molar-refractivity contribution in [2.45, 2.75) is 6.42 Å². The Morgan fingerprint density at radius 3 is 3.11 bits per heavy atom. The van der Waals surface area contributed by atoms with Gasteiger partial charge in [-0.15, -0.1) is 0 Å². The van der Waals surface area contributed by atoms with Crippen molar-refractivity contribution >= 4 is 14.3 Å². The average Bonchev–Trinajstić information content (AvgIpc) is 1.88. The molecule has 1 aromatic rings. The molecule has 0 spiro atoms. The van der Waals surface area contributed by atoms with Crippen molar-refractivity contribution < 1.29 is 0 Å². The van der Waals surface area contributed by atoms with E-state index in [1.54, 1.807) is 0 Å². The highest BCUT2D eigenvalue weighted by Gasteiger charge is 1.96. The molecule has 0 saturated carbocycles. The van der Waals surface area contributed by atoms with Gasteiger partial charge < -0.3 is 0 Å². The van der Waals surface area contributed by atoms with E-state index in [0.717, 1.165) is 6.42 Å². The van der Waals surface area contributed by atoms with Crippen LogP contribution in [0.15, 0.2) is 24.3 Å². The Morgan fingerprint density at radius 1 is 1.33 bits per heavy atom. The standard InChI is InChI=1S/C8H7P/c1-3-7-5-2-6-8(4-1)9-7/h1-5H,6H2. The second-order valence-electron chi connectivity index (χ2n) is 2.16. The molecule has 0 fully saturated rings. The fraction of sp³-hybridized carbons (Fsp3) is 0.125. The average molecular weight is 134 g/mol. The van der Waals surface area contributed by atoms with Gasteiger partial charge in [0.1, 0.15) is 0 Å². The summed E-state index contributed by atoms with van der Waals surface area (Å²) in [4.78, 5) is 0. The molecular weight excluding hydrogens is 127 g/mol. The van der Waals surface area contributed by atoms with E-state index in [4.69, 9.17) is 0 Å². The van der Waals surface area contributed by atoms with Gasteiger partial charge >= 0.3 is 0 Å². The van der Waals surface area contributed by atoms with E-state index in [0.29, 0.717) is 0 Å². The first-order valence-corrected chi connectivity index (χ1v) is 3.97. The molecule has 1 aromatic heterocycles. The third-order valence-electron chi connectivity index (χ3n) is 1.44. The van der Waals surface area contributed by atoms with Crippen molar-refractivity contribution in [3.8, 4) is 0 Å². The molecule has 2 heterocycles. The Bertz CT molecular complexity index is 250. The lowest BCUT2D eigenvalue weighted by molar-refractivity contribution is 1.34. The van der Waals surface area contributed by atoms with Gasteiger partial charge in [-0.05, 0) is 11.7 Å². The van der Waals surface area contributed by atoms with Crippen molar-refractivity contribution in [3.63, 3.8) is 0 Å². The number of rotatable bonds is 0. The van der Waals surface area contributed by atoms with E-state index in [1.807, 2.05) is 0 Å². The maximum Gasteiger partial charge on any atom is 0.00173 e. The topological polar surface area (TPSA) is 0 Å². The fourth-order valence-corrected chi connectivity index (χ4v) is 2.03. The van der Waals surface area contributed by atoms with Crippen LogP contribution in [-0.2, 0) is 6.42 Å². The maximum atomic E-state index is 2.22. The van der Waals surface area contributed by atoms with Crippen molar-refractivity contribution in [2.24, 2.45) is 0 Å². The van der Waals surface area contributed by atoms with E-state index < -0.39 is 0 Å². The van der Waals surface area contributed by atoms with Crippen LogP contribution in [0, 0.1) is 0 Å². The van der Waals surface area contributed by atoms with Crippen LogP contribution in [-0.4, -0.2) is 0 Å². The van der Waals surface area contributed by atoms with E-state index in [1.165, 1.54) is 18.8 Å². The lowest BCUT2D eigenvalue weighted by Gasteiger charge is -2.02. The fourth-order valence-electron chi connectivity index (χ4n) is 1.01. The highest BCUT2D eigenvalue weighted by atomic mass is 31.0. The second kappa shape index (κ2) is 1.97. The summed E-state index contributed by atoms with van der Waals surface area (Å²) in [6.45, 7) is 0. The van der Waals surface area contributed by atoms with Gasteiger partial charge in [0.2, 0.25) is 0 Å². The van der Waals surface area contributed by atoms with Crippen molar-refractivity contribution in [1.82, 2.24) is 0 Å². The molecule has 1 aliphatic rings. The molecule has 0 amide bonds. The molecule has 1 aliphatic heterocycles. The zero-order valence-corrected chi connectivity index (χ0v) is 5.94. The molecule has 0 aromatic carbocycles. The molecule has 2 bridgehead atoms. The van der Waals surface area contributed by atoms with Gasteiger partial charge in [0, 0.05) is 5.30 Å². The van der Waals surface area contributed by atoms with Crippen LogP contribution in [0.25, 0.3) is 6.08 Å². The Labute approximate surface area is 56.3 Å². The summed E-state index contributed by atoms with van der Waals surface area (Å²) in [5.41, 5.74) is 0. The van der Waals surface area contributed by atoms with Gasteiger partial charge in [0.25, 0.3) is 0 Å². The lowest BCUT2D eigenvalue weighted by Crippen LogP contribution is -1.80. The third-order valence-corrected chi connectivity index (χ3v) is 2.62. The van der Waals surface area contributed by atoms with Crippen molar-refractivity contribution in [1.29, 1.82) is 0 Å². The zero-order valence-electron chi connectivity index (χ0n) is 5.04. The van der Waals surface area contributed by atoms with Gasteiger partial charge in [0.05, 0.1) is 0 Å². The van der Waals surface area contributed by atoms with E-state index in [2.05, 4.69) is 30.4 Å². The van der Waals surface area contributed by atoms with Gasteiger partial charge in [-0.25, -0.2) is 0 Å². The first kappa shape index (κ1) is 5.20. The first-order chi connectivity index (χ1) is 4.45. The zero-order chi connectivity index (χ0) is 6.10. The van der Waals surface area contributed by atoms with Crippen molar-refractivity contribution in [3.05, 3.63) is 34.9 Å². The van der Waals surface area contributed by atoms with Crippen LogP contribution in [0.5, 0.6) is 0 Å². The molecule has 0 radical (unpaired) electrons. The molecule has 44 valence electrons. The highest BCUT2D eigenvalue weighted by Crippen LogP contribution is 2.25. The van der Waals surface area contributed by atoms with Gasteiger partial charge in [-0.1, -0.05) is 38.5 Å². The van der Waals surface area contributed by atoms with Gasteiger partial charge in [-0.2, -0.15) is 0 Å². The molecule has 0 unspecified atom stereocenters. The maximum absolute atomic E-state index is 2.22. The van der Waals surface area contributed by atoms with E-state index >= 15 is 0 Å². The molecule has 1 heteroatoms. The van der Waals surface area contributed by atoms with Crippen LogP contribution < -0.4 is 0 Å². The molecule has 2 rings (SSSR count). The Balaban J connectivity index is 2.64. The van der Waals surface area contributed by atoms with Gasteiger partial charge in [0.15, 0.2) is 0 Å². The molecule has 0 saturated heterocycles. The third kappa shape index (κ3) is 0.906. The summed E-state index contributed by atoms with van der Waals surface area (Å²) in [5, 5.41) is 2.95. The molecule has 0 N–H and O–H groups in total. The second-order valence-corrected chi connectivity index (χ2v) is 3.47. The molecule has 0 atom stereocenters. The summed E-state index contributed by atoms with van der Waals surface area (Å²) >= 11 is 0. The lowest BCUT2D eigenvalue weighted by atomic mass is 10.2. The quantitative estimate of drug-likeness (QED) is 0.511. The van der Waals surface area contributed by atoms with Crippen LogP contribution >= 0.6 is 8.19 Å². The Kier molecular flexibility index (Phi) is 1.13. The Hall–Kier alpha value is -0.610. The highest BCUT2D eigenvalue weighted by molar-refractivity contribution is 7.32. The minimum atomic E-state index is 1.15. The summed E-state index contributed by atoms with van der Waals surface area (Å²) in [6, 6.07) is 6.50. The van der Waals surface area contributed by atoms with E-state index in [9.17, 15) is 0 Å². The number of fused-ring (bicyclic) bond motifs is 2.